The van der Waals surface area contributed by atoms with Crippen LogP contribution in [-0.2, 0) is 17.9 Å². The molecule has 32 heavy (non-hydrogen) atoms. The number of nitrogens with one attached hydrogen (secondary N) is 1. The molecule has 0 radical (unpaired) electrons. The van der Waals surface area contributed by atoms with Gasteiger partial charge in [-0.25, -0.2) is 4.98 Å². The summed E-state index contributed by atoms with van der Waals surface area (Å²) in [4.78, 5) is 17.5. The van der Waals surface area contributed by atoms with Crippen molar-refractivity contribution in [3.63, 3.8) is 0 Å². The minimum atomic E-state index is -0.0779. The Kier molecular flexibility index (Phi) is 8.59. The molecule has 0 aliphatic heterocycles. The van der Waals surface area contributed by atoms with E-state index in [-0.39, 0.29) is 11.9 Å². The fourth-order valence-corrected chi connectivity index (χ4v) is 4.42. The molecule has 0 saturated carbocycles. The van der Waals surface area contributed by atoms with Gasteiger partial charge in [-0.1, -0.05) is 30.1 Å². The summed E-state index contributed by atoms with van der Waals surface area (Å²) in [5.41, 5.74) is 3.20. The Hall–Kier alpha value is -2.06. The Balaban J connectivity index is 1.83. The summed E-state index contributed by atoms with van der Waals surface area (Å²) in [6.45, 7) is 7.44. The zero-order chi connectivity index (χ0) is 23.3. The van der Waals surface area contributed by atoms with Crippen LogP contribution in [0.25, 0.3) is 11.4 Å². The molecule has 2 heterocycles. The first-order chi connectivity index (χ1) is 15.3. The van der Waals surface area contributed by atoms with Crippen LogP contribution < -0.4 is 10.1 Å². The number of carbonyl (C=O) groups excluding carboxylic acids is 1. The first-order valence-electron chi connectivity index (χ1n) is 10.4. The molecule has 9 heteroatoms. The first kappa shape index (κ1) is 24.6. The van der Waals surface area contributed by atoms with Crippen LogP contribution in [0.4, 0.5) is 0 Å². The molecule has 0 fully saturated rings. The number of thiazole rings is 1. The Morgan fingerprint density at radius 1 is 1.25 bits per heavy atom. The van der Waals surface area contributed by atoms with Crippen molar-refractivity contribution in [3.8, 4) is 17.1 Å². The summed E-state index contributed by atoms with van der Waals surface area (Å²) in [6.07, 6.45) is 0.870. The predicted molar refractivity (Wildman–Crippen MR) is 130 cm³/mol. The molecule has 1 unspecified atom stereocenters. The molecule has 3 rings (SSSR count). The standard InChI is InChI=1S/C23H27Cl2N3O3S/c1-5-14(2)26-23(29)19-11-21(28(15(19)3)6-7-30-4)20-13-32-22(27-20)12-31-18-9-16(24)8-17(25)10-18/h8-11,13-14H,5-7,12H2,1-4H3,(H,26,29). The molecule has 0 bridgehead atoms. The molecule has 0 saturated heterocycles. The highest BCUT2D eigenvalue weighted by Gasteiger charge is 2.21. The number of halogens is 2. The monoisotopic (exact) mass is 495 g/mol. The van der Waals surface area contributed by atoms with Gasteiger partial charge in [-0.2, -0.15) is 0 Å². The lowest BCUT2D eigenvalue weighted by molar-refractivity contribution is 0.0938. The predicted octanol–water partition coefficient (Wildman–Crippen LogP) is 5.98. The number of aromatic nitrogens is 2. The van der Waals surface area contributed by atoms with Gasteiger partial charge in [-0.15, -0.1) is 11.3 Å². The number of carbonyl (C=O) groups is 1. The highest BCUT2D eigenvalue weighted by atomic mass is 35.5. The summed E-state index contributed by atoms with van der Waals surface area (Å²) < 4.78 is 13.2. The van der Waals surface area contributed by atoms with E-state index in [1.807, 2.05) is 32.2 Å². The molecule has 6 nitrogen and oxygen atoms in total. The van der Waals surface area contributed by atoms with E-state index in [1.54, 1.807) is 25.3 Å². The summed E-state index contributed by atoms with van der Waals surface area (Å²) in [7, 11) is 1.66. The van der Waals surface area contributed by atoms with Crippen molar-refractivity contribution < 1.29 is 14.3 Å². The zero-order valence-corrected chi connectivity index (χ0v) is 20.9. The molecule has 0 aliphatic carbocycles. The van der Waals surface area contributed by atoms with Gasteiger partial charge in [0.15, 0.2) is 0 Å². The van der Waals surface area contributed by atoms with Gasteiger partial charge in [-0.3, -0.25) is 4.79 Å². The third-order valence-electron chi connectivity index (χ3n) is 5.13. The van der Waals surface area contributed by atoms with Gasteiger partial charge in [-0.05, 0) is 44.5 Å². The van der Waals surface area contributed by atoms with Crippen LogP contribution in [0.1, 0.15) is 41.3 Å². The van der Waals surface area contributed by atoms with Crippen molar-refractivity contribution in [2.24, 2.45) is 0 Å². The van der Waals surface area contributed by atoms with Crippen LogP contribution in [0.3, 0.4) is 0 Å². The Labute approximate surface area is 202 Å². The van der Waals surface area contributed by atoms with Crippen LogP contribution in [0.5, 0.6) is 5.75 Å². The summed E-state index contributed by atoms with van der Waals surface area (Å²) in [6, 6.07) is 7.09. The van der Waals surface area contributed by atoms with E-state index in [0.29, 0.717) is 41.1 Å². The number of hydrogen-bond acceptors (Lipinski definition) is 5. The third-order valence-corrected chi connectivity index (χ3v) is 6.39. The van der Waals surface area contributed by atoms with E-state index >= 15 is 0 Å². The van der Waals surface area contributed by atoms with Gasteiger partial charge in [0.1, 0.15) is 17.4 Å². The smallest absolute Gasteiger partial charge is 0.253 e. The fourth-order valence-electron chi connectivity index (χ4n) is 3.21. The molecule has 0 aliphatic rings. The third kappa shape index (κ3) is 6.04. The van der Waals surface area contributed by atoms with Crippen molar-refractivity contribution in [2.75, 3.05) is 13.7 Å². The zero-order valence-electron chi connectivity index (χ0n) is 18.6. The normalized spacial score (nSPS) is 12.1. The summed E-state index contributed by atoms with van der Waals surface area (Å²) in [5.74, 6) is 0.508. The number of methoxy groups -OCH3 is 1. The Morgan fingerprint density at radius 3 is 2.62 bits per heavy atom. The average Bonchev–Trinajstić information content (AvgIpc) is 3.34. The van der Waals surface area contributed by atoms with Crippen LogP contribution in [-0.4, -0.2) is 35.2 Å². The second-order valence-electron chi connectivity index (χ2n) is 7.48. The lowest BCUT2D eigenvalue weighted by Crippen LogP contribution is -2.32. The number of hydrogen-bond donors (Lipinski definition) is 1. The molecule has 0 spiro atoms. The first-order valence-corrected chi connectivity index (χ1v) is 12.0. The molecule has 1 atom stereocenters. The SMILES string of the molecule is CCC(C)NC(=O)c1cc(-c2csc(COc3cc(Cl)cc(Cl)c3)n2)n(CCOC)c1C. The maximum Gasteiger partial charge on any atom is 0.253 e. The summed E-state index contributed by atoms with van der Waals surface area (Å²) in [5, 5.41) is 6.85. The van der Waals surface area contributed by atoms with Gasteiger partial charge in [0, 0.05) is 40.8 Å². The molecule has 1 N–H and O–H groups in total. The van der Waals surface area contributed by atoms with Gasteiger partial charge >= 0.3 is 0 Å². The van der Waals surface area contributed by atoms with Gasteiger partial charge < -0.3 is 19.4 Å². The van der Waals surface area contributed by atoms with Crippen molar-refractivity contribution >= 4 is 40.4 Å². The van der Waals surface area contributed by atoms with Crippen molar-refractivity contribution in [3.05, 3.63) is 56.0 Å². The second kappa shape index (κ2) is 11.2. The second-order valence-corrected chi connectivity index (χ2v) is 9.29. The van der Waals surface area contributed by atoms with E-state index in [2.05, 4.69) is 9.88 Å². The maximum absolute atomic E-state index is 12.8. The topological polar surface area (TPSA) is 65.4 Å². The number of nitrogens with zero attached hydrogens (tertiary/aromatic N) is 2. The van der Waals surface area contributed by atoms with E-state index in [1.165, 1.54) is 11.3 Å². The van der Waals surface area contributed by atoms with E-state index in [4.69, 9.17) is 37.7 Å². The summed E-state index contributed by atoms with van der Waals surface area (Å²) >= 11 is 13.6. The number of rotatable bonds is 10. The molecule has 172 valence electrons. The Morgan fingerprint density at radius 2 is 1.97 bits per heavy atom. The van der Waals surface area contributed by atoms with Crippen LogP contribution in [0.15, 0.2) is 29.6 Å². The highest BCUT2D eigenvalue weighted by Crippen LogP contribution is 2.29. The van der Waals surface area contributed by atoms with E-state index in [0.717, 1.165) is 28.5 Å². The maximum atomic E-state index is 12.8. The van der Waals surface area contributed by atoms with E-state index in [9.17, 15) is 4.79 Å². The van der Waals surface area contributed by atoms with Crippen molar-refractivity contribution in [2.45, 2.75) is 46.4 Å². The fraction of sp³-hybridized carbons (Fsp3) is 0.391. The quantitative estimate of drug-likeness (QED) is 0.375. The van der Waals surface area contributed by atoms with Crippen molar-refractivity contribution in [1.29, 1.82) is 0 Å². The largest absolute Gasteiger partial charge is 0.486 e. The van der Waals surface area contributed by atoms with Crippen LogP contribution in [0.2, 0.25) is 10.0 Å². The molecular formula is C23H27Cl2N3O3S. The number of amides is 1. The number of benzene rings is 1. The molecule has 3 aromatic rings. The minimum Gasteiger partial charge on any atom is -0.486 e. The molecule has 1 amide bonds. The lowest BCUT2D eigenvalue weighted by Gasteiger charge is -2.12. The Bertz CT molecular complexity index is 1060. The van der Waals surface area contributed by atoms with Gasteiger partial charge in [0.25, 0.3) is 5.91 Å². The van der Waals surface area contributed by atoms with Gasteiger partial charge in [0.05, 0.1) is 23.6 Å². The van der Waals surface area contributed by atoms with E-state index < -0.39 is 0 Å². The highest BCUT2D eigenvalue weighted by molar-refractivity contribution is 7.09. The lowest BCUT2D eigenvalue weighted by atomic mass is 10.2. The average molecular weight is 496 g/mol. The molecular weight excluding hydrogens is 469 g/mol. The molecule has 2 aromatic heterocycles. The van der Waals surface area contributed by atoms with Crippen LogP contribution >= 0.6 is 34.5 Å². The minimum absolute atomic E-state index is 0.0779. The number of ether oxygens (including phenoxy) is 2. The van der Waals surface area contributed by atoms with Gasteiger partial charge in [0.2, 0.25) is 0 Å². The van der Waals surface area contributed by atoms with Crippen LogP contribution in [0, 0.1) is 6.92 Å². The van der Waals surface area contributed by atoms with Crippen molar-refractivity contribution in [1.82, 2.24) is 14.9 Å². The molecule has 1 aromatic carbocycles.